The van der Waals surface area contributed by atoms with Crippen molar-refractivity contribution < 1.29 is 4.74 Å². The van der Waals surface area contributed by atoms with E-state index in [0.717, 1.165) is 64.3 Å². The van der Waals surface area contributed by atoms with E-state index < -0.39 is 0 Å². The highest BCUT2D eigenvalue weighted by atomic mass is 35.5. The first-order valence-corrected chi connectivity index (χ1v) is 11.9. The molecule has 1 fully saturated rings. The second kappa shape index (κ2) is 8.99. The summed E-state index contributed by atoms with van der Waals surface area (Å²) in [5, 5.41) is 6.49. The maximum Gasteiger partial charge on any atom is 0.147 e. The fourth-order valence-corrected chi connectivity index (χ4v) is 5.78. The minimum absolute atomic E-state index is 0.301. The van der Waals surface area contributed by atoms with Crippen molar-refractivity contribution in [1.82, 2.24) is 14.9 Å². The maximum atomic E-state index is 6.04. The molecule has 0 amide bonds. The Balaban J connectivity index is 1.40. The van der Waals surface area contributed by atoms with Gasteiger partial charge >= 0.3 is 0 Å². The third-order valence-electron chi connectivity index (χ3n) is 5.26. The van der Waals surface area contributed by atoms with Gasteiger partial charge in [-0.1, -0.05) is 29.8 Å². The van der Waals surface area contributed by atoms with E-state index >= 15 is 0 Å². The molecule has 1 unspecified atom stereocenters. The van der Waals surface area contributed by atoms with Crippen molar-refractivity contribution in [3.05, 3.63) is 64.1 Å². The molecule has 1 aliphatic heterocycles. The minimum Gasteiger partial charge on any atom is -0.379 e. The van der Waals surface area contributed by atoms with Gasteiger partial charge in [0.15, 0.2) is 0 Å². The van der Waals surface area contributed by atoms with Crippen molar-refractivity contribution in [2.24, 2.45) is 0 Å². The van der Waals surface area contributed by atoms with Crippen molar-refractivity contribution in [2.45, 2.75) is 6.04 Å². The third kappa shape index (κ3) is 4.22. The molecule has 154 valence electrons. The van der Waals surface area contributed by atoms with E-state index in [0.29, 0.717) is 6.04 Å². The number of morpholine rings is 1. The summed E-state index contributed by atoms with van der Waals surface area (Å²) in [4.78, 5) is 14.1. The maximum absolute atomic E-state index is 6.04. The lowest BCUT2D eigenvalue weighted by molar-refractivity contribution is 0.0194. The van der Waals surface area contributed by atoms with Gasteiger partial charge in [0.2, 0.25) is 0 Å². The van der Waals surface area contributed by atoms with E-state index in [-0.39, 0.29) is 0 Å². The van der Waals surface area contributed by atoms with Crippen LogP contribution in [0.2, 0.25) is 5.02 Å². The van der Waals surface area contributed by atoms with Crippen LogP contribution in [-0.2, 0) is 4.74 Å². The Morgan fingerprint density at radius 3 is 2.73 bits per heavy atom. The third-order valence-corrected chi connectivity index (χ3v) is 7.67. The summed E-state index contributed by atoms with van der Waals surface area (Å²) in [5.74, 6) is 0.889. The Morgan fingerprint density at radius 2 is 1.97 bits per heavy atom. The van der Waals surface area contributed by atoms with Gasteiger partial charge < -0.3 is 10.1 Å². The summed E-state index contributed by atoms with van der Waals surface area (Å²) in [7, 11) is 0. The Labute approximate surface area is 188 Å². The topological polar surface area (TPSA) is 50.3 Å². The molecule has 1 aliphatic rings. The molecule has 0 bridgehead atoms. The van der Waals surface area contributed by atoms with E-state index in [2.05, 4.69) is 43.8 Å². The summed E-state index contributed by atoms with van der Waals surface area (Å²) >= 11 is 9.55. The first-order chi connectivity index (χ1) is 14.8. The smallest absolute Gasteiger partial charge is 0.147 e. The van der Waals surface area contributed by atoms with Crippen LogP contribution in [0.3, 0.4) is 0 Å². The zero-order valence-electron chi connectivity index (χ0n) is 16.3. The first kappa shape index (κ1) is 19.9. The van der Waals surface area contributed by atoms with Crippen LogP contribution in [0.4, 0.5) is 5.82 Å². The van der Waals surface area contributed by atoms with E-state index in [1.54, 1.807) is 29.0 Å². The van der Waals surface area contributed by atoms with Crippen LogP contribution in [0, 0.1) is 0 Å². The molecule has 30 heavy (non-hydrogen) atoms. The first-order valence-electron chi connectivity index (χ1n) is 9.87. The van der Waals surface area contributed by atoms with Crippen LogP contribution in [0.5, 0.6) is 0 Å². The molecule has 1 saturated heterocycles. The SMILES string of the molecule is Clc1ccc(-c2cc3ncnc(NCC(c4cccs4)N4CCOCC4)c3s2)cc1. The molecule has 4 aromatic rings. The second-order valence-corrected chi connectivity index (χ2v) is 9.58. The van der Waals surface area contributed by atoms with Crippen LogP contribution in [0.15, 0.2) is 54.2 Å². The highest BCUT2D eigenvalue weighted by molar-refractivity contribution is 7.22. The van der Waals surface area contributed by atoms with Crippen LogP contribution in [-0.4, -0.2) is 47.7 Å². The average Bonchev–Trinajstić information content (AvgIpc) is 3.46. The number of nitrogens with one attached hydrogen (secondary N) is 1. The van der Waals surface area contributed by atoms with Gasteiger partial charge in [-0.2, -0.15) is 0 Å². The van der Waals surface area contributed by atoms with Crippen molar-refractivity contribution in [1.29, 1.82) is 0 Å². The van der Waals surface area contributed by atoms with Crippen LogP contribution < -0.4 is 5.32 Å². The van der Waals surface area contributed by atoms with Crippen molar-refractivity contribution in [3.63, 3.8) is 0 Å². The predicted molar refractivity (Wildman–Crippen MR) is 126 cm³/mol. The molecular weight excluding hydrogens is 436 g/mol. The molecule has 0 radical (unpaired) electrons. The van der Waals surface area contributed by atoms with Gasteiger partial charge in [0, 0.05) is 34.4 Å². The van der Waals surface area contributed by atoms with Crippen molar-refractivity contribution in [2.75, 3.05) is 38.2 Å². The van der Waals surface area contributed by atoms with Crippen LogP contribution in [0.25, 0.3) is 20.7 Å². The number of benzene rings is 1. The fraction of sp³-hybridized carbons (Fsp3) is 0.273. The van der Waals surface area contributed by atoms with E-state index in [4.69, 9.17) is 16.3 Å². The van der Waals surface area contributed by atoms with Gasteiger partial charge in [0.1, 0.15) is 12.1 Å². The summed E-state index contributed by atoms with van der Waals surface area (Å²) in [6.45, 7) is 4.26. The Hall–Kier alpha value is -2.03. The van der Waals surface area contributed by atoms with Gasteiger partial charge in [-0.25, -0.2) is 9.97 Å². The number of ether oxygens (including phenoxy) is 1. The molecular formula is C22H21ClN4OS2. The number of rotatable bonds is 6. The number of fused-ring (bicyclic) bond motifs is 1. The van der Waals surface area contributed by atoms with Crippen molar-refractivity contribution in [3.8, 4) is 10.4 Å². The summed E-state index contributed by atoms with van der Waals surface area (Å²) in [6, 6.07) is 14.7. The molecule has 1 N–H and O–H groups in total. The van der Waals surface area contributed by atoms with Crippen LogP contribution in [0.1, 0.15) is 10.9 Å². The summed E-state index contributed by atoms with van der Waals surface area (Å²) < 4.78 is 6.63. The molecule has 0 aliphatic carbocycles. The number of nitrogens with zero attached hydrogens (tertiary/aromatic N) is 3. The minimum atomic E-state index is 0.301. The molecule has 4 heterocycles. The second-order valence-electron chi connectivity index (χ2n) is 7.11. The lowest BCUT2D eigenvalue weighted by Gasteiger charge is -2.34. The standard InChI is InChI=1S/C22H21ClN4OS2/c23-16-5-3-15(4-6-16)20-12-17-21(30-20)22(26-14-25-17)24-13-18(19-2-1-11-29-19)27-7-9-28-10-8-27/h1-6,11-12,14,18H,7-10,13H2,(H,24,25,26). The number of hydrogen-bond acceptors (Lipinski definition) is 7. The van der Waals surface area contributed by atoms with Gasteiger partial charge in [-0.3, -0.25) is 4.90 Å². The number of halogens is 1. The Bertz CT molecular complexity index is 1110. The van der Waals surface area contributed by atoms with E-state index in [1.807, 2.05) is 24.3 Å². The molecule has 1 atom stereocenters. The number of aromatic nitrogens is 2. The lowest BCUT2D eigenvalue weighted by Crippen LogP contribution is -2.41. The normalized spacial score (nSPS) is 16.0. The number of anilines is 1. The zero-order valence-corrected chi connectivity index (χ0v) is 18.6. The lowest BCUT2D eigenvalue weighted by atomic mass is 10.2. The molecule has 0 spiro atoms. The molecule has 8 heteroatoms. The Morgan fingerprint density at radius 1 is 1.13 bits per heavy atom. The quantitative estimate of drug-likeness (QED) is 0.411. The average molecular weight is 457 g/mol. The van der Waals surface area contributed by atoms with Crippen molar-refractivity contribution >= 4 is 50.3 Å². The van der Waals surface area contributed by atoms with E-state index in [9.17, 15) is 0 Å². The van der Waals surface area contributed by atoms with Crippen LogP contribution >= 0.6 is 34.3 Å². The number of thiophene rings is 2. The molecule has 1 aromatic carbocycles. The molecule has 3 aromatic heterocycles. The van der Waals surface area contributed by atoms with Gasteiger partial charge in [-0.05, 0) is 35.2 Å². The largest absolute Gasteiger partial charge is 0.379 e. The van der Waals surface area contributed by atoms with E-state index in [1.165, 1.54) is 4.88 Å². The molecule has 5 rings (SSSR count). The van der Waals surface area contributed by atoms with Gasteiger partial charge in [-0.15, -0.1) is 22.7 Å². The zero-order chi connectivity index (χ0) is 20.3. The van der Waals surface area contributed by atoms with Gasteiger partial charge in [0.05, 0.1) is 29.5 Å². The highest BCUT2D eigenvalue weighted by Crippen LogP contribution is 2.36. The van der Waals surface area contributed by atoms with Gasteiger partial charge in [0.25, 0.3) is 0 Å². The molecule has 5 nitrogen and oxygen atoms in total. The summed E-state index contributed by atoms with van der Waals surface area (Å²) in [6.07, 6.45) is 1.64. The monoisotopic (exact) mass is 456 g/mol. The Kier molecular flexibility index (Phi) is 5.97. The summed E-state index contributed by atoms with van der Waals surface area (Å²) in [5.41, 5.74) is 2.10. The molecule has 0 saturated carbocycles. The fourth-order valence-electron chi connectivity index (χ4n) is 3.71. The number of hydrogen-bond donors (Lipinski definition) is 1. The predicted octanol–water partition coefficient (Wildman–Crippen LogP) is 5.56. The highest BCUT2D eigenvalue weighted by Gasteiger charge is 2.24.